The van der Waals surface area contributed by atoms with Crippen molar-refractivity contribution in [1.29, 1.82) is 0 Å². The molecular formula is C45H77NO7. The number of amides is 1. The summed E-state index contributed by atoms with van der Waals surface area (Å²) < 4.78 is 28.3. The molecule has 0 spiro atoms. The Hall–Kier alpha value is -1.48. The maximum atomic E-state index is 12.7. The third-order valence-electron chi connectivity index (χ3n) is 14.6. The number of hydrogen-bond acceptors (Lipinski definition) is 7. The summed E-state index contributed by atoms with van der Waals surface area (Å²) in [4.78, 5) is 24.7. The average Bonchev–Trinajstić information content (AvgIpc) is 3.77. The fourth-order valence-electron chi connectivity index (χ4n) is 11.7. The summed E-state index contributed by atoms with van der Waals surface area (Å²) in [5.74, 6) is 5.60. The topological polar surface area (TPSA) is 92.3 Å². The standard InChI is InChI=1S/C45H77NO7/c1-33(2)9-8-10-34(3)39-15-16-40-38-14-13-36-32-37(17-20-44(36,4)41(38)18-21-45(39,40)5)53-43(48)19-23-49-25-27-51-29-30-52-28-26-50-24-22-46-42(47)31-35-11-6-7-12-35/h13,33-35,37-41H,6-12,14-32H2,1-5H3,(H,46,47). The third-order valence-corrected chi connectivity index (χ3v) is 14.6. The molecule has 8 nitrogen and oxygen atoms in total. The van der Waals surface area contributed by atoms with E-state index in [0.717, 1.165) is 54.8 Å². The lowest BCUT2D eigenvalue weighted by molar-refractivity contribution is -0.152. The van der Waals surface area contributed by atoms with Crippen molar-refractivity contribution < 1.29 is 33.3 Å². The summed E-state index contributed by atoms with van der Waals surface area (Å²) in [6, 6.07) is 0. The van der Waals surface area contributed by atoms with Gasteiger partial charge in [0.05, 0.1) is 59.3 Å². The Bertz CT molecular complexity index is 1150. The first kappa shape index (κ1) is 42.7. The largest absolute Gasteiger partial charge is 0.462 e. The van der Waals surface area contributed by atoms with Gasteiger partial charge in [-0.25, -0.2) is 0 Å². The second-order valence-corrected chi connectivity index (χ2v) is 18.5. The van der Waals surface area contributed by atoms with Gasteiger partial charge in [-0.2, -0.15) is 0 Å². The molecule has 8 atom stereocenters. The summed E-state index contributed by atoms with van der Waals surface area (Å²) in [5.41, 5.74) is 2.36. The van der Waals surface area contributed by atoms with Gasteiger partial charge in [0.1, 0.15) is 6.10 Å². The van der Waals surface area contributed by atoms with Crippen molar-refractivity contribution in [2.24, 2.45) is 52.3 Å². The number of esters is 1. The molecule has 1 N–H and O–H groups in total. The number of hydrogen-bond donors (Lipinski definition) is 1. The van der Waals surface area contributed by atoms with Crippen LogP contribution in [0.1, 0.15) is 144 Å². The van der Waals surface area contributed by atoms with Crippen LogP contribution >= 0.6 is 0 Å². The first-order chi connectivity index (χ1) is 25.6. The summed E-state index contributed by atoms with van der Waals surface area (Å²) in [6.07, 6.45) is 22.5. The van der Waals surface area contributed by atoms with E-state index in [9.17, 15) is 9.59 Å². The van der Waals surface area contributed by atoms with Crippen LogP contribution in [-0.2, 0) is 33.3 Å². The first-order valence-electron chi connectivity index (χ1n) is 22.1. The maximum absolute atomic E-state index is 12.7. The SMILES string of the molecule is CC(C)CCCC(C)C1CCC2C3CC=C4CC(OC(=O)CCOCCOCCOCCOCCNC(=O)CC5CCCC5)CCC4(C)C3CCC12C. The fraction of sp³-hybridized carbons (Fsp3) is 0.911. The van der Waals surface area contributed by atoms with Gasteiger partial charge in [-0.3, -0.25) is 9.59 Å². The second kappa shape index (κ2) is 21.2. The minimum atomic E-state index is -0.149. The number of fused-ring (bicyclic) bond motifs is 5. The molecule has 8 heteroatoms. The number of carbonyl (C=O) groups excluding carboxylic acids is 2. The van der Waals surface area contributed by atoms with Gasteiger partial charge in [0.25, 0.3) is 0 Å². The Kier molecular flexibility index (Phi) is 17.0. The minimum absolute atomic E-state index is 0.00403. The van der Waals surface area contributed by atoms with E-state index in [1.165, 1.54) is 77.0 Å². The maximum Gasteiger partial charge on any atom is 0.308 e. The number of allylic oxidation sites excluding steroid dienone is 1. The Morgan fingerprint density at radius 1 is 0.792 bits per heavy atom. The zero-order valence-electron chi connectivity index (χ0n) is 34.4. The summed E-state index contributed by atoms with van der Waals surface area (Å²) in [6.45, 7) is 16.8. The zero-order valence-corrected chi connectivity index (χ0v) is 34.4. The van der Waals surface area contributed by atoms with Crippen molar-refractivity contribution >= 4 is 11.9 Å². The smallest absolute Gasteiger partial charge is 0.308 e. The van der Waals surface area contributed by atoms with Crippen molar-refractivity contribution in [3.05, 3.63) is 11.6 Å². The second-order valence-electron chi connectivity index (χ2n) is 18.5. The lowest BCUT2D eigenvalue weighted by Crippen LogP contribution is -2.51. The molecule has 5 aliphatic carbocycles. The van der Waals surface area contributed by atoms with Gasteiger partial charge in [0, 0.05) is 19.4 Å². The quantitative estimate of drug-likeness (QED) is 0.0634. The Balaban J connectivity index is 0.881. The van der Waals surface area contributed by atoms with Crippen molar-refractivity contribution in [3.8, 4) is 0 Å². The highest BCUT2D eigenvalue weighted by Gasteiger charge is 2.59. The van der Waals surface area contributed by atoms with Crippen LogP contribution in [0.15, 0.2) is 11.6 Å². The van der Waals surface area contributed by atoms with Crippen LogP contribution in [0, 0.1) is 52.3 Å². The number of carbonyl (C=O) groups is 2. The lowest BCUT2D eigenvalue weighted by Gasteiger charge is -2.58. The first-order valence-corrected chi connectivity index (χ1v) is 22.1. The van der Waals surface area contributed by atoms with E-state index in [-0.39, 0.29) is 29.8 Å². The zero-order chi connectivity index (χ0) is 37.7. The predicted octanol–water partition coefficient (Wildman–Crippen LogP) is 9.09. The predicted molar refractivity (Wildman–Crippen MR) is 210 cm³/mol. The van der Waals surface area contributed by atoms with E-state index in [1.807, 2.05) is 0 Å². The molecule has 0 aromatic carbocycles. The van der Waals surface area contributed by atoms with Crippen LogP contribution in [-0.4, -0.2) is 77.4 Å². The molecule has 4 saturated carbocycles. The monoisotopic (exact) mass is 744 g/mol. The van der Waals surface area contributed by atoms with Crippen molar-refractivity contribution in [1.82, 2.24) is 5.32 Å². The van der Waals surface area contributed by atoms with Gasteiger partial charge in [-0.1, -0.05) is 78.4 Å². The van der Waals surface area contributed by atoms with Gasteiger partial charge >= 0.3 is 5.97 Å². The van der Waals surface area contributed by atoms with E-state index >= 15 is 0 Å². The number of rotatable bonds is 23. The minimum Gasteiger partial charge on any atom is -0.462 e. The molecule has 0 radical (unpaired) electrons. The molecule has 53 heavy (non-hydrogen) atoms. The molecule has 5 aliphatic rings. The van der Waals surface area contributed by atoms with E-state index in [4.69, 9.17) is 23.7 Å². The molecule has 304 valence electrons. The molecule has 0 aromatic heterocycles. The van der Waals surface area contributed by atoms with Gasteiger partial charge in [-0.15, -0.1) is 0 Å². The Labute approximate surface area is 323 Å². The molecule has 0 aliphatic heterocycles. The van der Waals surface area contributed by atoms with Gasteiger partial charge in [-0.05, 0) is 110 Å². The molecule has 0 saturated heterocycles. The lowest BCUT2D eigenvalue weighted by atomic mass is 9.47. The van der Waals surface area contributed by atoms with Crippen molar-refractivity contribution in [2.75, 3.05) is 59.4 Å². The van der Waals surface area contributed by atoms with E-state index in [2.05, 4.69) is 46.0 Å². The fourth-order valence-corrected chi connectivity index (χ4v) is 11.7. The molecular weight excluding hydrogens is 666 g/mol. The van der Waals surface area contributed by atoms with Crippen LogP contribution in [0.4, 0.5) is 0 Å². The highest BCUT2D eigenvalue weighted by Crippen LogP contribution is 2.67. The van der Waals surface area contributed by atoms with E-state index in [0.29, 0.717) is 77.2 Å². The molecule has 5 rings (SSSR count). The summed E-state index contributed by atoms with van der Waals surface area (Å²) in [7, 11) is 0. The van der Waals surface area contributed by atoms with Crippen LogP contribution in [0.3, 0.4) is 0 Å². The molecule has 4 fully saturated rings. The van der Waals surface area contributed by atoms with Crippen molar-refractivity contribution in [3.63, 3.8) is 0 Å². The molecule has 1 amide bonds. The van der Waals surface area contributed by atoms with Gasteiger partial charge in [0.15, 0.2) is 0 Å². The highest BCUT2D eigenvalue weighted by atomic mass is 16.6. The Morgan fingerprint density at radius 3 is 2.17 bits per heavy atom. The highest BCUT2D eigenvalue weighted by molar-refractivity contribution is 5.76. The average molecular weight is 744 g/mol. The van der Waals surface area contributed by atoms with Crippen LogP contribution in [0.5, 0.6) is 0 Å². The van der Waals surface area contributed by atoms with Gasteiger partial charge < -0.3 is 29.0 Å². The Morgan fingerprint density at radius 2 is 1.47 bits per heavy atom. The number of nitrogens with one attached hydrogen (secondary N) is 1. The molecule has 8 unspecified atom stereocenters. The third kappa shape index (κ3) is 12.0. The van der Waals surface area contributed by atoms with Crippen LogP contribution < -0.4 is 5.32 Å². The normalized spacial score (nSPS) is 31.8. The number of ether oxygens (including phenoxy) is 5. The van der Waals surface area contributed by atoms with E-state index < -0.39 is 0 Å². The summed E-state index contributed by atoms with van der Waals surface area (Å²) in [5, 5.41) is 2.94. The van der Waals surface area contributed by atoms with Gasteiger partial charge in [0.2, 0.25) is 5.91 Å². The molecule has 0 heterocycles. The summed E-state index contributed by atoms with van der Waals surface area (Å²) >= 11 is 0. The van der Waals surface area contributed by atoms with E-state index in [1.54, 1.807) is 5.57 Å². The molecule has 0 aromatic rings. The van der Waals surface area contributed by atoms with Crippen LogP contribution in [0.2, 0.25) is 0 Å². The molecule has 0 bridgehead atoms. The van der Waals surface area contributed by atoms with Crippen LogP contribution in [0.25, 0.3) is 0 Å². The van der Waals surface area contributed by atoms with Crippen molar-refractivity contribution in [2.45, 2.75) is 150 Å².